The Balaban J connectivity index is 1.75. The second kappa shape index (κ2) is 5.29. The number of carbonyl (C=O) groups excluding carboxylic acids is 1. The Morgan fingerprint density at radius 3 is 3.05 bits per heavy atom. The Labute approximate surface area is 118 Å². The lowest BCUT2D eigenvalue weighted by Crippen LogP contribution is -2.31. The highest BCUT2D eigenvalue weighted by Crippen LogP contribution is 2.22. The third-order valence-corrected chi connectivity index (χ3v) is 4.08. The summed E-state index contributed by atoms with van der Waals surface area (Å²) in [7, 11) is 0. The molecule has 20 heavy (non-hydrogen) atoms. The molecule has 2 aromatic rings. The van der Waals surface area contributed by atoms with Gasteiger partial charge >= 0.3 is 0 Å². The lowest BCUT2D eigenvalue weighted by atomic mass is 10.1. The quantitative estimate of drug-likeness (QED) is 0.902. The molecule has 0 spiro atoms. The molecule has 0 aliphatic carbocycles. The number of hydrogen-bond acceptors (Lipinski definition) is 2. The van der Waals surface area contributed by atoms with Gasteiger partial charge in [-0.25, -0.2) is 0 Å². The summed E-state index contributed by atoms with van der Waals surface area (Å²) in [4.78, 5) is 15.5. The predicted molar refractivity (Wildman–Crippen MR) is 79.1 cm³/mol. The Hall–Kier alpha value is -1.81. The molecule has 0 saturated carbocycles. The first-order chi connectivity index (χ1) is 9.65. The smallest absolute Gasteiger partial charge is 0.251 e. The minimum absolute atomic E-state index is 0.0272. The van der Waals surface area contributed by atoms with Gasteiger partial charge in [0, 0.05) is 35.3 Å². The molecule has 3 rings (SSSR count). The number of nitrogens with one attached hydrogen (secondary N) is 2. The van der Waals surface area contributed by atoms with Crippen LogP contribution >= 0.6 is 0 Å². The standard InChI is InChI=1S/C16H20N2O2/c1-10-11(2)18-15-6-5-12(8-14(10)15)16(19)17-9-13-4-3-7-20-13/h5-6,8,13,18H,3-4,7,9H2,1-2H3,(H,17,19). The van der Waals surface area contributed by atoms with E-state index in [0.29, 0.717) is 12.1 Å². The summed E-state index contributed by atoms with van der Waals surface area (Å²) in [6, 6.07) is 5.79. The van der Waals surface area contributed by atoms with Gasteiger partial charge in [-0.1, -0.05) is 0 Å². The van der Waals surface area contributed by atoms with Gasteiger partial charge in [0.25, 0.3) is 5.91 Å². The van der Waals surface area contributed by atoms with Crippen LogP contribution in [-0.4, -0.2) is 30.1 Å². The van der Waals surface area contributed by atoms with Gasteiger partial charge in [0.05, 0.1) is 6.10 Å². The van der Waals surface area contributed by atoms with Crippen molar-refractivity contribution in [2.45, 2.75) is 32.8 Å². The number of aryl methyl sites for hydroxylation is 2. The number of aromatic amines is 1. The van der Waals surface area contributed by atoms with Gasteiger partial charge in [0.2, 0.25) is 0 Å². The number of amides is 1. The maximum Gasteiger partial charge on any atom is 0.251 e. The Morgan fingerprint density at radius 1 is 1.45 bits per heavy atom. The van der Waals surface area contributed by atoms with Crippen molar-refractivity contribution in [3.8, 4) is 0 Å². The molecule has 2 heterocycles. The largest absolute Gasteiger partial charge is 0.376 e. The molecule has 1 aromatic carbocycles. The number of carbonyl (C=O) groups is 1. The van der Waals surface area contributed by atoms with Crippen LogP contribution in [-0.2, 0) is 4.74 Å². The summed E-state index contributed by atoms with van der Waals surface area (Å²) in [5.74, 6) is -0.0272. The average molecular weight is 272 g/mol. The molecule has 4 heteroatoms. The van der Waals surface area contributed by atoms with Crippen LogP contribution in [0.25, 0.3) is 10.9 Å². The fraction of sp³-hybridized carbons (Fsp3) is 0.438. The first kappa shape index (κ1) is 13.2. The van der Waals surface area contributed by atoms with Crippen molar-refractivity contribution in [1.29, 1.82) is 0 Å². The maximum absolute atomic E-state index is 12.2. The predicted octanol–water partition coefficient (Wildman–Crippen LogP) is 2.69. The average Bonchev–Trinajstić information content (AvgIpc) is 3.06. The first-order valence-electron chi connectivity index (χ1n) is 7.14. The van der Waals surface area contributed by atoms with E-state index in [4.69, 9.17) is 4.74 Å². The number of benzene rings is 1. The van der Waals surface area contributed by atoms with Crippen molar-refractivity contribution in [3.63, 3.8) is 0 Å². The minimum Gasteiger partial charge on any atom is -0.376 e. The Bertz CT molecular complexity index is 639. The van der Waals surface area contributed by atoms with E-state index in [9.17, 15) is 4.79 Å². The van der Waals surface area contributed by atoms with Crippen LogP contribution in [0.4, 0.5) is 0 Å². The third-order valence-electron chi connectivity index (χ3n) is 4.08. The molecule has 0 radical (unpaired) electrons. The number of fused-ring (bicyclic) bond motifs is 1. The van der Waals surface area contributed by atoms with E-state index in [1.807, 2.05) is 25.1 Å². The molecule has 2 N–H and O–H groups in total. The monoisotopic (exact) mass is 272 g/mol. The maximum atomic E-state index is 12.2. The molecule has 1 amide bonds. The van der Waals surface area contributed by atoms with Gasteiger partial charge in [-0.15, -0.1) is 0 Å². The van der Waals surface area contributed by atoms with Crippen molar-refractivity contribution < 1.29 is 9.53 Å². The van der Waals surface area contributed by atoms with E-state index >= 15 is 0 Å². The molecule has 1 unspecified atom stereocenters. The molecule has 1 aliphatic heterocycles. The number of ether oxygens (including phenoxy) is 1. The van der Waals surface area contributed by atoms with E-state index < -0.39 is 0 Å². The normalized spacial score (nSPS) is 18.6. The van der Waals surface area contributed by atoms with Crippen LogP contribution < -0.4 is 5.32 Å². The van der Waals surface area contributed by atoms with Crippen molar-refractivity contribution in [2.24, 2.45) is 0 Å². The number of rotatable bonds is 3. The number of hydrogen-bond donors (Lipinski definition) is 2. The lowest BCUT2D eigenvalue weighted by Gasteiger charge is -2.10. The summed E-state index contributed by atoms with van der Waals surface area (Å²) in [6.45, 7) is 5.53. The fourth-order valence-corrected chi connectivity index (χ4v) is 2.72. The van der Waals surface area contributed by atoms with Crippen molar-refractivity contribution in [1.82, 2.24) is 10.3 Å². The molecular formula is C16H20N2O2. The molecule has 1 saturated heterocycles. The van der Waals surface area contributed by atoms with Gasteiger partial charge < -0.3 is 15.0 Å². The van der Waals surface area contributed by atoms with Crippen LogP contribution in [0.15, 0.2) is 18.2 Å². The molecule has 1 aliphatic rings. The van der Waals surface area contributed by atoms with Gasteiger partial charge in [0.1, 0.15) is 0 Å². The minimum atomic E-state index is -0.0272. The van der Waals surface area contributed by atoms with Crippen LogP contribution in [0, 0.1) is 13.8 Å². The van der Waals surface area contributed by atoms with E-state index in [1.54, 1.807) is 0 Å². The summed E-state index contributed by atoms with van der Waals surface area (Å²) in [5, 5.41) is 4.08. The van der Waals surface area contributed by atoms with Gasteiger partial charge in [-0.05, 0) is 50.5 Å². The number of H-pyrrole nitrogens is 1. The highest BCUT2D eigenvalue weighted by Gasteiger charge is 2.17. The van der Waals surface area contributed by atoms with Crippen molar-refractivity contribution >= 4 is 16.8 Å². The fourth-order valence-electron chi connectivity index (χ4n) is 2.72. The van der Waals surface area contributed by atoms with Gasteiger partial charge in [0.15, 0.2) is 0 Å². The van der Waals surface area contributed by atoms with Crippen LogP contribution in [0.1, 0.15) is 34.5 Å². The topological polar surface area (TPSA) is 54.1 Å². The van der Waals surface area contributed by atoms with Crippen molar-refractivity contribution in [3.05, 3.63) is 35.0 Å². The summed E-state index contributed by atoms with van der Waals surface area (Å²) in [5.41, 5.74) is 4.14. The summed E-state index contributed by atoms with van der Waals surface area (Å²) >= 11 is 0. The molecule has 1 atom stereocenters. The zero-order valence-corrected chi connectivity index (χ0v) is 12.0. The highest BCUT2D eigenvalue weighted by atomic mass is 16.5. The van der Waals surface area contributed by atoms with E-state index in [0.717, 1.165) is 36.0 Å². The molecule has 0 bridgehead atoms. The first-order valence-corrected chi connectivity index (χ1v) is 7.14. The summed E-state index contributed by atoms with van der Waals surface area (Å²) in [6.07, 6.45) is 2.31. The molecule has 1 fully saturated rings. The van der Waals surface area contributed by atoms with E-state index in [-0.39, 0.29) is 12.0 Å². The third kappa shape index (κ3) is 2.43. The van der Waals surface area contributed by atoms with Crippen LogP contribution in [0.5, 0.6) is 0 Å². The molecular weight excluding hydrogens is 252 g/mol. The van der Waals surface area contributed by atoms with Crippen molar-refractivity contribution in [2.75, 3.05) is 13.2 Å². The number of aromatic nitrogens is 1. The zero-order chi connectivity index (χ0) is 14.1. The van der Waals surface area contributed by atoms with E-state index in [2.05, 4.69) is 17.2 Å². The van der Waals surface area contributed by atoms with E-state index in [1.165, 1.54) is 5.56 Å². The Kier molecular flexibility index (Phi) is 3.49. The molecule has 1 aromatic heterocycles. The Morgan fingerprint density at radius 2 is 2.30 bits per heavy atom. The summed E-state index contributed by atoms with van der Waals surface area (Å²) < 4.78 is 5.51. The highest BCUT2D eigenvalue weighted by molar-refractivity contribution is 5.99. The molecule has 4 nitrogen and oxygen atoms in total. The van der Waals surface area contributed by atoms with Crippen LogP contribution in [0.3, 0.4) is 0 Å². The second-order valence-corrected chi connectivity index (χ2v) is 5.48. The SMILES string of the molecule is Cc1[nH]c2ccc(C(=O)NCC3CCCO3)cc2c1C. The molecule has 106 valence electrons. The second-order valence-electron chi connectivity index (χ2n) is 5.48. The van der Waals surface area contributed by atoms with Gasteiger partial charge in [-0.3, -0.25) is 4.79 Å². The lowest BCUT2D eigenvalue weighted by molar-refractivity contribution is 0.0858. The van der Waals surface area contributed by atoms with Crippen LogP contribution in [0.2, 0.25) is 0 Å². The zero-order valence-electron chi connectivity index (χ0n) is 12.0. The van der Waals surface area contributed by atoms with Gasteiger partial charge in [-0.2, -0.15) is 0 Å².